The molecule has 0 saturated heterocycles. The molecule has 11 heteroatoms. The molecule has 5 rings (SSSR count). The Balaban J connectivity index is 0.000000470. The first-order valence-corrected chi connectivity index (χ1v) is 11.9. The molecule has 0 aliphatic heterocycles. The third kappa shape index (κ3) is 5.83. The number of aromatic nitrogens is 1. The van der Waals surface area contributed by atoms with E-state index >= 15 is 0 Å². The van der Waals surface area contributed by atoms with Crippen LogP contribution >= 0.6 is 0 Å². The minimum absolute atomic E-state index is 0.125. The molecular formula is C29H23F3N2O6. The van der Waals surface area contributed by atoms with Crippen LogP contribution in [0.5, 0.6) is 0 Å². The monoisotopic (exact) mass is 552 g/mol. The summed E-state index contributed by atoms with van der Waals surface area (Å²) in [5.41, 5.74) is 4.52. The third-order valence-electron chi connectivity index (χ3n) is 6.09. The van der Waals surface area contributed by atoms with Gasteiger partial charge in [-0.15, -0.1) is 0 Å². The quantitative estimate of drug-likeness (QED) is 0.189. The summed E-state index contributed by atoms with van der Waals surface area (Å²) < 4.78 is 38.1. The minimum atomic E-state index is -5.08. The van der Waals surface area contributed by atoms with E-state index in [2.05, 4.69) is 10.3 Å². The highest BCUT2D eigenvalue weighted by molar-refractivity contribution is 5.96. The zero-order valence-corrected chi connectivity index (χ0v) is 21.2. The van der Waals surface area contributed by atoms with E-state index in [-0.39, 0.29) is 17.0 Å². The molecule has 0 amide bonds. The van der Waals surface area contributed by atoms with Gasteiger partial charge in [-0.2, -0.15) is 13.2 Å². The summed E-state index contributed by atoms with van der Waals surface area (Å²) in [6.07, 6.45) is -3.24. The number of alkyl halides is 3. The van der Waals surface area contributed by atoms with Crippen molar-refractivity contribution < 1.29 is 37.4 Å². The number of nitrogens with one attached hydrogen (secondary N) is 2. The predicted octanol–water partition coefficient (Wildman–Crippen LogP) is 6.75. The number of rotatable bonds is 5. The normalized spacial score (nSPS) is 12.0. The molecule has 0 aliphatic rings. The molecule has 2 heterocycles. The Hall–Kier alpha value is -5.06. The van der Waals surface area contributed by atoms with E-state index < -0.39 is 18.1 Å². The van der Waals surface area contributed by atoms with Crippen molar-refractivity contribution in [2.45, 2.75) is 26.1 Å². The number of benzene rings is 3. The van der Waals surface area contributed by atoms with Crippen molar-refractivity contribution in [3.63, 3.8) is 0 Å². The molecule has 0 spiro atoms. The average Bonchev–Trinajstić information content (AvgIpc) is 3.33. The third-order valence-corrected chi connectivity index (χ3v) is 6.09. The van der Waals surface area contributed by atoms with Gasteiger partial charge in [0.15, 0.2) is 5.43 Å². The van der Waals surface area contributed by atoms with Gasteiger partial charge in [0.25, 0.3) is 0 Å². The first-order chi connectivity index (χ1) is 18.9. The predicted molar refractivity (Wildman–Crippen MR) is 144 cm³/mol. The number of halogens is 3. The zero-order chi connectivity index (χ0) is 29.2. The molecule has 8 nitrogen and oxygen atoms in total. The van der Waals surface area contributed by atoms with Crippen LogP contribution in [0.1, 0.15) is 34.5 Å². The molecular weight excluding hydrogens is 529 g/mol. The number of aromatic amines is 1. The van der Waals surface area contributed by atoms with Crippen LogP contribution in [0.4, 0.5) is 18.9 Å². The lowest BCUT2D eigenvalue weighted by Crippen LogP contribution is -2.21. The van der Waals surface area contributed by atoms with Gasteiger partial charge in [-0.25, -0.2) is 9.59 Å². The van der Waals surface area contributed by atoms with Gasteiger partial charge >= 0.3 is 18.1 Å². The number of anilines is 1. The van der Waals surface area contributed by atoms with Crippen molar-refractivity contribution in [3.8, 4) is 11.3 Å². The number of carboxylic acid groups (broad SMARTS) is 2. The molecule has 2 aromatic heterocycles. The molecule has 206 valence electrons. The Bertz CT molecular complexity index is 1790. The molecule has 0 bridgehead atoms. The zero-order valence-electron chi connectivity index (χ0n) is 21.2. The van der Waals surface area contributed by atoms with Crippen LogP contribution in [0.2, 0.25) is 0 Å². The summed E-state index contributed by atoms with van der Waals surface area (Å²) in [6.45, 7) is 3.85. The Morgan fingerprint density at radius 1 is 0.975 bits per heavy atom. The van der Waals surface area contributed by atoms with E-state index in [4.69, 9.17) is 14.3 Å². The number of aryl methyl sites for hydroxylation is 1. The van der Waals surface area contributed by atoms with E-state index in [1.54, 1.807) is 24.3 Å². The van der Waals surface area contributed by atoms with Crippen molar-refractivity contribution in [1.82, 2.24) is 4.98 Å². The maximum Gasteiger partial charge on any atom is 0.490 e. The number of fused-ring (bicyclic) bond motifs is 2. The molecule has 1 atom stereocenters. The van der Waals surface area contributed by atoms with Gasteiger partial charge in [0.2, 0.25) is 0 Å². The molecule has 5 aromatic rings. The van der Waals surface area contributed by atoms with E-state index in [1.165, 1.54) is 6.07 Å². The lowest BCUT2D eigenvalue weighted by molar-refractivity contribution is -0.192. The molecule has 1 unspecified atom stereocenters. The summed E-state index contributed by atoms with van der Waals surface area (Å²) in [6, 6.07) is 19.6. The second kappa shape index (κ2) is 11.0. The van der Waals surface area contributed by atoms with Crippen LogP contribution in [-0.2, 0) is 4.79 Å². The number of carbonyl (C=O) groups is 2. The molecule has 0 fully saturated rings. The number of hydrogen-bond acceptors (Lipinski definition) is 5. The lowest BCUT2D eigenvalue weighted by Gasteiger charge is -2.19. The van der Waals surface area contributed by atoms with Crippen LogP contribution in [0.15, 0.2) is 82.1 Å². The lowest BCUT2D eigenvalue weighted by atomic mass is 10.00. The second-order valence-corrected chi connectivity index (χ2v) is 8.97. The fourth-order valence-corrected chi connectivity index (χ4v) is 4.27. The van der Waals surface area contributed by atoms with Gasteiger partial charge in [0, 0.05) is 40.0 Å². The average molecular weight is 553 g/mol. The second-order valence-electron chi connectivity index (χ2n) is 8.97. The van der Waals surface area contributed by atoms with Crippen LogP contribution in [0.3, 0.4) is 0 Å². The standard InChI is InChI=1S/C27H22N2O4.C2HF3O2/c1-15-11-19(16(2)29-23-10-6-4-8-18(23)27(31)32)26-20(12-15)24(30)13-25(33-26)21-14-28-22-9-5-3-7-17(21)22;3-2(4,5)1(6)7/h3-14,16,28-29H,1-2H3,(H,31,32);(H,6,7). The summed E-state index contributed by atoms with van der Waals surface area (Å²) in [5, 5.41) is 21.4. The molecule has 4 N–H and O–H groups in total. The van der Waals surface area contributed by atoms with Crippen molar-refractivity contribution in [1.29, 1.82) is 0 Å². The first kappa shape index (κ1) is 28.0. The number of para-hydroxylation sites is 2. The van der Waals surface area contributed by atoms with Gasteiger partial charge in [0.1, 0.15) is 11.3 Å². The highest BCUT2D eigenvalue weighted by Gasteiger charge is 2.38. The van der Waals surface area contributed by atoms with Crippen molar-refractivity contribution in [2.24, 2.45) is 0 Å². The highest BCUT2D eigenvalue weighted by atomic mass is 19.4. The SMILES string of the molecule is Cc1cc(C(C)Nc2ccccc2C(=O)O)c2oc(-c3c[nH]c4ccccc34)cc(=O)c2c1.O=C(O)C(F)(F)F. The highest BCUT2D eigenvalue weighted by Crippen LogP contribution is 2.33. The summed E-state index contributed by atoms with van der Waals surface area (Å²) in [4.78, 5) is 36.8. The summed E-state index contributed by atoms with van der Waals surface area (Å²) in [5.74, 6) is -3.28. The topological polar surface area (TPSA) is 133 Å². The van der Waals surface area contributed by atoms with Crippen LogP contribution < -0.4 is 10.7 Å². The minimum Gasteiger partial charge on any atom is -0.478 e. The smallest absolute Gasteiger partial charge is 0.478 e. The van der Waals surface area contributed by atoms with E-state index in [9.17, 15) is 27.9 Å². The summed E-state index contributed by atoms with van der Waals surface area (Å²) >= 11 is 0. The molecule has 0 aliphatic carbocycles. The maximum atomic E-state index is 13.1. The molecule has 0 radical (unpaired) electrons. The Labute approximate surface area is 224 Å². The van der Waals surface area contributed by atoms with E-state index in [0.717, 1.165) is 27.6 Å². The Morgan fingerprint density at radius 2 is 1.62 bits per heavy atom. The number of aliphatic carboxylic acids is 1. The van der Waals surface area contributed by atoms with Crippen molar-refractivity contribution >= 4 is 39.5 Å². The van der Waals surface area contributed by atoms with Gasteiger partial charge in [-0.3, -0.25) is 4.79 Å². The molecule has 0 saturated carbocycles. The van der Waals surface area contributed by atoms with Crippen molar-refractivity contribution in [2.75, 3.05) is 5.32 Å². The fraction of sp³-hybridized carbons (Fsp3) is 0.138. The number of carboxylic acids is 2. The van der Waals surface area contributed by atoms with Gasteiger partial charge in [-0.1, -0.05) is 36.4 Å². The Kier molecular flexibility index (Phi) is 7.67. The number of hydrogen-bond donors (Lipinski definition) is 4. The van der Waals surface area contributed by atoms with Crippen LogP contribution in [0.25, 0.3) is 33.2 Å². The van der Waals surface area contributed by atoms with Gasteiger partial charge < -0.3 is 24.9 Å². The number of aromatic carboxylic acids is 1. The summed E-state index contributed by atoms with van der Waals surface area (Å²) in [7, 11) is 0. The van der Waals surface area contributed by atoms with Crippen LogP contribution in [0, 0.1) is 6.92 Å². The maximum absolute atomic E-state index is 13.1. The largest absolute Gasteiger partial charge is 0.490 e. The van der Waals surface area contributed by atoms with Crippen LogP contribution in [-0.4, -0.2) is 33.3 Å². The van der Waals surface area contributed by atoms with E-state index in [1.807, 2.05) is 56.4 Å². The first-order valence-electron chi connectivity index (χ1n) is 11.9. The van der Waals surface area contributed by atoms with E-state index in [0.29, 0.717) is 22.4 Å². The van der Waals surface area contributed by atoms with Crippen molar-refractivity contribution in [3.05, 3.63) is 99.8 Å². The molecule has 3 aromatic carbocycles. The van der Waals surface area contributed by atoms with Gasteiger partial charge in [-0.05, 0) is 43.7 Å². The Morgan fingerprint density at radius 3 is 2.30 bits per heavy atom. The van der Waals surface area contributed by atoms with Gasteiger partial charge in [0.05, 0.1) is 17.0 Å². The molecule has 40 heavy (non-hydrogen) atoms. The number of H-pyrrole nitrogens is 1. The fourth-order valence-electron chi connectivity index (χ4n) is 4.27.